The highest BCUT2D eigenvalue weighted by Crippen LogP contribution is 2.66. The zero-order valence-electron chi connectivity index (χ0n) is 21.9. The number of phenols is 1. The summed E-state index contributed by atoms with van der Waals surface area (Å²) in [5.74, 6) is -5.10. The van der Waals surface area contributed by atoms with Gasteiger partial charge in [0.2, 0.25) is 11.8 Å². The van der Waals surface area contributed by atoms with Crippen LogP contribution in [-0.4, -0.2) is 48.8 Å². The molecule has 2 aromatic carbocycles. The maximum atomic E-state index is 14.0. The van der Waals surface area contributed by atoms with Gasteiger partial charge in [-0.3, -0.25) is 29.0 Å². The van der Waals surface area contributed by atoms with Gasteiger partial charge in [0, 0.05) is 11.5 Å². The lowest BCUT2D eigenvalue weighted by atomic mass is 9.56. The van der Waals surface area contributed by atoms with E-state index in [-0.39, 0.29) is 35.9 Å². The van der Waals surface area contributed by atoms with Crippen LogP contribution in [0.1, 0.15) is 42.4 Å². The molecule has 4 aliphatic rings. The van der Waals surface area contributed by atoms with Crippen molar-refractivity contribution in [3.05, 3.63) is 70.8 Å². The maximum absolute atomic E-state index is 14.0. The van der Waals surface area contributed by atoms with Crippen LogP contribution in [0.25, 0.3) is 0 Å². The number of hydrogen-bond donors (Lipinski definition) is 1. The number of likely N-dealkylation sites (tertiary alicyclic amines) is 1. The summed E-state index contributed by atoms with van der Waals surface area (Å²) in [6.45, 7) is 3.76. The summed E-state index contributed by atoms with van der Waals surface area (Å²) in [7, 11) is 0. The molecular weight excluding hydrogens is 619 g/mol. The number of benzene rings is 2. The predicted octanol–water partition coefficient (Wildman–Crippen LogP) is 5.18. The Morgan fingerprint density at radius 2 is 1.70 bits per heavy atom. The van der Waals surface area contributed by atoms with Gasteiger partial charge in [0.1, 0.15) is 5.75 Å². The molecule has 6 rings (SSSR count). The van der Waals surface area contributed by atoms with Crippen LogP contribution in [0.15, 0.2) is 54.1 Å². The summed E-state index contributed by atoms with van der Waals surface area (Å²) < 4.78 is 0. The van der Waals surface area contributed by atoms with E-state index in [0.717, 1.165) is 16.9 Å². The number of allylic oxidation sites excluding steroid dienone is 2. The van der Waals surface area contributed by atoms with Crippen molar-refractivity contribution in [3.63, 3.8) is 0 Å². The highest BCUT2D eigenvalue weighted by Gasteiger charge is 2.76. The molecule has 4 amide bonds. The average Bonchev–Trinajstić information content (AvgIpc) is 3.28. The van der Waals surface area contributed by atoms with Gasteiger partial charge >= 0.3 is 0 Å². The summed E-state index contributed by atoms with van der Waals surface area (Å²) in [5.41, 5.74) is 3.05. The molecule has 10 heteroatoms. The second kappa shape index (κ2) is 9.43. The van der Waals surface area contributed by atoms with E-state index in [2.05, 4.69) is 15.9 Å². The number of carbonyl (C=O) groups is 4. The zero-order chi connectivity index (χ0) is 28.7. The van der Waals surface area contributed by atoms with Crippen molar-refractivity contribution < 1.29 is 24.3 Å². The van der Waals surface area contributed by atoms with Crippen molar-refractivity contribution in [3.8, 4) is 5.75 Å². The van der Waals surface area contributed by atoms with Gasteiger partial charge in [-0.1, -0.05) is 64.8 Å². The average molecular weight is 646 g/mol. The minimum Gasteiger partial charge on any atom is -0.507 e. The Morgan fingerprint density at radius 1 is 1.00 bits per heavy atom. The van der Waals surface area contributed by atoms with E-state index in [9.17, 15) is 24.3 Å². The first-order valence-electron chi connectivity index (χ1n) is 13.3. The van der Waals surface area contributed by atoms with Crippen LogP contribution < -0.4 is 4.90 Å². The Hall–Kier alpha value is -2.68. The second-order valence-corrected chi connectivity index (χ2v) is 12.8. The lowest BCUT2D eigenvalue weighted by molar-refractivity contribution is -0.138. The minimum atomic E-state index is -1.94. The molecule has 0 spiro atoms. The normalized spacial score (nSPS) is 33.2. The third kappa shape index (κ3) is 3.42. The van der Waals surface area contributed by atoms with Gasteiger partial charge in [-0.25, -0.2) is 0 Å². The number of amides is 4. The smallest absolute Gasteiger partial charge is 0.254 e. The number of para-hydroxylation sites is 1. The fourth-order valence-corrected chi connectivity index (χ4v) is 8.57. The number of anilines is 1. The molecule has 3 fully saturated rings. The summed E-state index contributed by atoms with van der Waals surface area (Å²) in [6, 6.07) is 12.5. The van der Waals surface area contributed by atoms with Crippen molar-refractivity contribution in [2.75, 3.05) is 10.4 Å². The number of hydrogen-bond acceptors (Lipinski definition) is 5. The van der Waals surface area contributed by atoms with Gasteiger partial charge in [0.05, 0.1) is 23.0 Å². The predicted molar refractivity (Wildman–Crippen MR) is 154 cm³/mol. The van der Waals surface area contributed by atoms with Gasteiger partial charge in [-0.05, 0) is 55.4 Å². The third-order valence-corrected chi connectivity index (χ3v) is 11.1. The molecule has 1 N–H and O–H groups in total. The lowest BCUT2D eigenvalue weighted by Crippen LogP contribution is -2.60. The van der Waals surface area contributed by atoms with Crippen LogP contribution in [0, 0.1) is 24.7 Å². The number of rotatable bonds is 4. The highest BCUT2D eigenvalue weighted by molar-refractivity contribution is 9.09. The topological polar surface area (TPSA) is 95.0 Å². The number of aromatic hydroxyl groups is 1. The molecule has 40 heavy (non-hydrogen) atoms. The number of phenolic OH excluding ortho intramolecular Hbond substituents is 1. The van der Waals surface area contributed by atoms with Crippen molar-refractivity contribution >= 4 is 68.4 Å². The van der Waals surface area contributed by atoms with Crippen LogP contribution in [0.3, 0.4) is 0 Å². The summed E-state index contributed by atoms with van der Waals surface area (Å²) in [5, 5.41) is 11.2. The Morgan fingerprint density at radius 3 is 2.35 bits per heavy atom. The van der Waals surface area contributed by atoms with E-state index in [1.165, 1.54) is 4.90 Å². The van der Waals surface area contributed by atoms with Crippen LogP contribution >= 0.6 is 39.1 Å². The van der Waals surface area contributed by atoms with Crippen LogP contribution in [-0.2, 0) is 25.6 Å². The quantitative estimate of drug-likeness (QED) is 0.214. The molecule has 0 bridgehead atoms. The lowest BCUT2D eigenvalue weighted by Gasteiger charge is -2.50. The van der Waals surface area contributed by atoms with Crippen LogP contribution in [0.2, 0.25) is 0 Å². The Balaban J connectivity index is 1.51. The first-order chi connectivity index (χ1) is 19.0. The van der Waals surface area contributed by atoms with E-state index >= 15 is 0 Å². The standard InChI is InChI=1S/C30H27BrCl2N2O5/c1-3-16-7-9-17(10-8-16)35-25(37)19-12-11-18-21(22(19)26(35)38)13-29(32)27(39)34(14-31)28(40)30(29,33)23(18)20-6-4-5-15(2)24(20)36/h4-11,19,21-23,36H,3,12-14H2,1-2H3/t19-,21+,22-,23+,29+,30-/m0/s1. The molecule has 2 saturated heterocycles. The number of carbonyl (C=O) groups excluding carboxylic acids is 4. The monoisotopic (exact) mass is 644 g/mol. The largest absolute Gasteiger partial charge is 0.507 e. The van der Waals surface area contributed by atoms with Crippen molar-refractivity contribution in [1.29, 1.82) is 0 Å². The Kier molecular flexibility index (Phi) is 6.48. The first kappa shape index (κ1) is 27.5. The van der Waals surface area contributed by atoms with Crippen molar-refractivity contribution in [2.45, 2.75) is 48.8 Å². The molecule has 0 unspecified atom stereocenters. The number of aryl methyl sites for hydroxylation is 2. The van der Waals surface area contributed by atoms with E-state index in [4.69, 9.17) is 23.2 Å². The number of fused-ring (bicyclic) bond motifs is 4. The van der Waals surface area contributed by atoms with Gasteiger partial charge in [0.15, 0.2) is 9.75 Å². The molecule has 0 radical (unpaired) electrons. The minimum absolute atomic E-state index is 0.0563. The number of halogens is 3. The SMILES string of the molecule is CCc1ccc(N2C(=O)[C@H]3[C@H](CC=C4[C@H]3C[C@@]3(Cl)C(=O)N(CBr)C(=O)[C@@]3(Cl)[C@H]4c3cccc(C)c3O)C2=O)cc1. The van der Waals surface area contributed by atoms with Crippen LogP contribution in [0.4, 0.5) is 5.69 Å². The number of nitrogens with zero attached hydrogens (tertiary/aromatic N) is 2. The fraction of sp³-hybridized carbons (Fsp3) is 0.400. The molecule has 208 valence electrons. The van der Waals surface area contributed by atoms with E-state index in [1.807, 2.05) is 25.1 Å². The molecule has 2 aliphatic carbocycles. The van der Waals surface area contributed by atoms with Crippen LogP contribution in [0.5, 0.6) is 5.75 Å². The molecule has 0 aromatic heterocycles. The van der Waals surface area contributed by atoms with Crippen molar-refractivity contribution in [1.82, 2.24) is 4.90 Å². The van der Waals surface area contributed by atoms with Gasteiger partial charge in [-0.15, -0.1) is 23.2 Å². The van der Waals surface area contributed by atoms with Crippen molar-refractivity contribution in [2.24, 2.45) is 17.8 Å². The van der Waals surface area contributed by atoms with Gasteiger partial charge in [0.25, 0.3) is 11.8 Å². The van der Waals surface area contributed by atoms with Gasteiger partial charge in [-0.2, -0.15) is 0 Å². The number of imide groups is 2. The molecule has 2 aromatic rings. The second-order valence-electron chi connectivity index (χ2n) is 11.0. The molecule has 2 heterocycles. The number of alkyl halides is 3. The Bertz CT molecular complexity index is 1510. The molecule has 2 aliphatic heterocycles. The van der Waals surface area contributed by atoms with E-state index < -0.39 is 45.2 Å². The third-order valence-electron chi connectivity index (χ3n) is 9.20. The highest BCUT2D eigenvalue weighted by atomic mass is 79.9. The maximum Gasteiger partial charge on any atom is 0.254 e. The molecule has 1 saturated carbocycles. The summed E-state index contributed by atoms with van der Waals surface area (Å²) in [4.78, 5) is 53.6. The summed E-state index contributed by atoms with van der Waals surface area (Å²) in [6.07, 6.45) is 2.86. The van der Waals surface area contributed by atoms with E-state index in [0.29, 0.717) is 22.4 Å². The van der Waals surface area contributed by atoms with E-state index in [1.54, 1.807) is 37.3 Å². The summed E-state index contributed by atoms with van der Waals surface area (Å²) >= 11 is 17.6. The molecular formula is C30H27BrCl2N2O5. The van der Waals surface area contributed by atoms with Gasteiger partial charge < -0.3 is 5.11 Å². The molecule has 7 nitrogen and oxygen atoms in total. The Labute approximate surface area is 250 Å². The first-order valence-corrected chi connectivity index (χ1v) is 15.1. The molecule has 6 atom stereocenters. The fourth-order valence-electron chi connectivity index (χ4n) is 7.15. The zero-order valence-corrected chi connectivity index (χ0v) is 25.0.